The van der Waals surface area contributed by atoms with E-state index >= 15 is 0 Å². The number of para-hydroxylation sites is 2. The van der Waals surface area contributed by atoms with E-state index in [1.165, 1.54) is 10.8 Å². The first kappa shape index (κ1) is 37.2. The van der Waals surface area contributed by atoms with E-state index in [4.69, 9.17) is 14.0 Å². The third-order valence-electron chi connectivity index (χ3n) is 9.62. The number of nitrogens with zero attached hydrogens (tertiary/aromatic N) is 3. The van der Waals surface area contributed by atoms with Crippen molar-refractivity contribution in [3.8, 4) is 17.6 Å². The lowest BCUT2D eigenvalue weighted by molar-refractivity contribution is -0.126. The standard InChI is InChI=1S/C40H46N5O6P/c1-26(2)45(27(3)4)52(23-13-22-41)51-35-21-20-34(37(35)42-36(46)25-44-24-28(5)38(47)43-39(44)48)50-40(29-14-7-6-8-15-29)30-16-9-11-18-32(30)49-33-19-12-10-17-31(33)40/h6-12,14-19,24,26-27,34-35,37H,13,20-21,23,25H2,1-5H3,(H,42,46)(H,43,47,48)/t34-,35-,37+,52?/m1/s1. The van der Waals surface area contributed by atoms with Crippen LogP contribution < -0.4 is 21.3 Å². The van der Waals surface area contributed by atoms with Crippen molar-refractivity contribution in [2.45, 2.75) is 96.4 Å². The van der Waals surface area contributed by atoms with Crippen molar-refractivity contribution in [3.05, 3.63) is 128 Å². The zero-order valence-corrected chi connectivity index (χ0v) is 31.1. The Bertz CT molecular complexity index is 1990. The molecule has 2 N–H and O–H groups in total. The second kappa shape index (κ2) is 16.0. The molecule has 1 aliphatic carbocycles. The highest BCUT2D eigenvalue weighted by Gasteiger charge is 2.51. The quantitative estimate of drug-likeness (QED) is 0.153. The Balaban J connectivity index is 1.43. The lowest BCUT2D eigenvalue weighted by Crippen LogP contribution is -2.52. The number of hydrogen-bond acceptors (Lipinski definition) is 8. The van der Waals surface area contributed by atoms with Gasteiger partial charge >= 0.3 is 5.69 Å². The smallest absolute Gasteiger partial charge is 0.328 e. The van der Waals surface area contributed by atoms with Gasteiger partial charge in [0.1, 0.15) is 26.3 Å². The molecule has 1 aromatic heterocycles. The first-order valence-electron chi connectivity index (χ1n) is 17.8. The van der Waals surface area contributed by atoms with Crippen molar-refractivity contribution in [2.24, 2.45) is 0 Å². The Morgan fingerprint density at radius 3 is 2.19 bits per heavy atom. The van der Waals surface area contributed by atoms with Crippen molar-refractivity contribution >= 4 is 14.2 Å². The van der Waals surface area contributed by atoms with Crippen molar-refractivity contribution in [1.82, 2.24) is 19.5 Å². The minimum Gasteiger partial charge on any atom is -0.457 e. The molecular formula is C40H46N5O6P. The predicted molar refractivity (Wildman–Crippen MR) is 200 cm³/mol. The summed E-state index contributed by atoms with van der Waals surface area (Å²) in [5.41, 5.74) is 0.649. The van der Waals surface area contributed by atoms with Crippen LogP contribution in [0.25, 0.3) is 0 Å². The number of nitrogens with one attached hydrogen (secondary N) is 2. The van der Waals surface area contributed by atoms with Crippen LogP contribution in [0.1, 0.15) is 69.2 Å². The molecule has 0 bridgehead atoms. The molecule has 0 radical (unpaired) electrons. The van der Waals surface area contributed by atoms with E-state index in [0.29, 0.717) is 42.5 Å². The molecule has 11 nitrogen and oxygen atoms in total. The third-order valence-corrected chi connectivity index (χ3v) is 12.2. The van der Waals surface area contributed by atoms with Crippen LogP contribution in [-0.2, 0) is 26.2 Å². The van der Waals surface area contributed by atoms with Crippen molar-refractivity contribution in [1.29, 1.82) is 5.26 Å². The topological polar surface area (TPSA) is 139 Å². The molecule has 0 spiro atoms. The summed E-state index contributed by atoms with van der Waals surface area (Å²) in [5.74, 6) is 0.928. The number of ether oxygens (including phenoxy) is 2. The van der Waals surface area contributed by atoms with Gasteiger partial charge in [-0.2, -0.15) is 5.26 Å². The summed E-state index contributed by atoms with van der Waals surface area (Å²) >= 11 is 0. The molecule has 272 valence electrons. The summed E-state index contributed by atoms with van der Waals surface area (Å²) in [5, 5.41) is 12.8. The molecule has 1 saturated carbocycles. The number of aromatic amines is 1. The van der Waals surface area contributed by atoms with E-state index in [0.717, 1.165) is 16.7 Å². The number of rotatable bonds is 13. The van der Waals surface area contributed by atoms with Crippen LogP contribution in [0.2, 0.25) is 0 Å². The maximum atomic E-state index is 13.9. The lowest BCUT2D eigenvalue weighted by Gasteiger charge is -2.43. The van der Waals surface area contributed by atoms with Crippen LogP contribution in [0.4, 0.5) is 0 Å². The number of nitriles is 1. The van der Waals surface area contributed by atoms with Gasteiger partial charge in [0.15, 0.2) is 5.60 Å². The normalized spacial score (nSPS) is 19.5. The molecule has 2 aliphatic rings. The van der Waals surface area contributed by atoms with Gasteiger partial charge in [-0.15, -0.1) is 0 Å². The number of carbonyl (C=O) groups is 1. The van der Waals surface area contributed by atoms with Gasteiger partial charge in [-0.3, -0.25) is 23.8 Å². The molecule has 2 heterocycles. The maximum Gasteiger partial charge on any atom is 0.328 e. The molecule has 1 fully saturated rings. The Morgan fingerprint density at radius 2 is 1.58 bits per heavy atom. The molecular weight excluding hydrogens is 677 g/mol. The molecule has 1 unspecified atom stereocenters. The molecule has 1 amide bonds. The van der Waals surface area contributed by atoms with Gasteiger partial charge in [0.25, 0.3) is 5.56 Å². The van der Waals surface area contributed by atoms with Crippen LogP contribution in [0.3, 0.4) is 0 Å². The summed E-state index contributed by atoms with van der Waals surface area (Å²) < 4.78 is 24.5. The average Bonchev–Trinajstić information content (AvgIpc) is 3.48. The number of hydrogen-bond donors (Lipinski definition) is 2. The summed E-state index contributed by atoms with van der Waals surface area (Å²) in [6.07, 6.45) is 2.45. The van der Waals surface area contributed by atoms with Crippen molar-refractivity contribution < 1.29 is 18.8 Å². The zero-order chi connectivity index (χ0) is 37.0. The van der Waals surface area contributed by atoms with E-state index in [1.807, 2.05) is 78.9 Å². The van der Waals surface area contributed by atoms with Gasteiger partial charge in [-0.05, 0) is 65.2 Å². The van der Waals surface area contributed by atoms with Gasteiger partial charge < -0.3 is 19.3 Å². The first-order chi connectivity index (χ1) is 25.0. The Morgan fingerprint density at radius 1 is 0.981 bits per heavy atom. The van der Waals surface area contributed by atoms with Gasteiger partial charge in [-0.25, -0.2) is 4.79 Å². The van der Waals surface area contributed by atoms with E-state index in [1.54, 1.807) is 6.92 Å². The zero-order valence-electron chi connectivity index (χ0n) is 30.2. The van der Waals surface area contributed by atoms with E-state index in [9.17, 15) is 19.6 Å². The monoisotopic (exact) mass is 723 g/mol. The van der Waals surface area contributed by atoms with Gasteiger partial charge in [-0.1, -0.05) is 66.7 Å². The van der Waals surface area contributed by atoms with Crippen LogP contribution in [0.5, 0.6) is 11.5 Å². The van der Waals surface area contributed by atoms with Crippen LogP contribution in [-0.4, -0.2) is 56.6 Å². The number of aryl methyl sites for hydroxylation is 1. The van der Waals surface area contributed by atoms with Gasteiger partial charge in [0.2, 0.25) is 5.91 Å². The number of amides is 1. The summed E-state index contributed by atoms with van der Waals surface area (Å²) in [6.45, 7) is 9.78. The second-order valence-electron chi connectivity index (χ2n) is 13.9. The molecule has 0 saturated heterocycles. The highest BCUT2D eigenvalue weighted by molar-refractivity contribution is 7.50. The number of carbonyl (C=O) groups excluding carboxylic acids is 1. The SMILES string of the molecule is Cc1cn(CC(=O)N[C@@H]2[C@H](OP(CCC#N)N(C(C)C)C(C)C)CC[C@H]2OC2(c3ccccc3)c3ccccc3Oc3ccccc32)c(=O)[nH]c1=O. The summed E-state index contributed by atoms with van der Waals surface area (Å²) in [4.78, 5) is 40.9. The summed E-state index contributed by atoms with van der Waals surface area (Å²) in [6, 6.07) is 27.7. The Hall–Kier alpha value is -4.59. The lowest BCUT2D eigenvalue weighted by atomic mass is 9.77. The summed E-state index contributed by atoms with van der Waals surface area (Å²) in [7, 11) is -1.22. The minimum atomic E-state index is -1.22. The molecule has 6 rings (SSSR count). The van der Waals surface area contributed by atoms with E-state index in [-0.39, 0.29) is 18.6 Å². The fourth-order valence-corrected chi connectivity index (χ4v) is 9.80. The van der Waals surface area contributed by atoms with E-state index < -0.39 is 49.3 Å². The van der Waals surface area contributed by atoms with Gasteiger partial charge in [0.05, 0.1) is 24.3 Å². The highest BCUT2D eigenvalue weighted by atomic mass is 31.2. The van der Waals surface area contributed by atoms with Crippen LogP contribution in [0, 0.1) is 18.3 Å². The highest BCUT2D eigenvalue weighted by Crippen LogP contribution is 2.55. The minimum absolute atomic E-state index is 0.165. The predicted octanol–water partition coefficient (Wildman–Crippen LogP) is 6.34. The maximum absolute atomic E-state index is 13.9. The Kier molecular flexibility index (Phi) is 11.4. The molecule has 4 aromatic rings. The van der Waals surface area contributed by atoms with Crippen LogP contribution in [0.15, 0.2) is 94.6 Å². The van der Waals surface area contributed by atoms with Crippen molar-refractivity contribution in [3.63, 3.8) is 0 Å². The molecule has 12 heteroatoms. The fourth-order valence-electron chi connectivity index (χ4n) is 7.48. The van der Waals surface area contributed by atoms with Gasteiger partial charge in [0, 0.05) is 47.6 Å². The molecule has 52 heavy (non-hydrogen) atoms. The largest absolute Gasteiger partial charge is 0.457 e. The van der Waals surface area contributed by atoms with Crippen molar-refractivity contribution in [2.75, 3.05) is 6.16 Å². The third kappa shape index (κ3) is 7.48. The van der Waals surface area contributed by atoms with E-state index in [2.05, 4.69) is 48.7 Å². The fraction of sp³-hybridized carbons (Fsp3) is 0.400. The number of fused-ring (bicyclic) bond motifs is 2. The first-order valence-corrected chi connectivity index (χ1v) is 19.2. The molecule has 4 atom stereocenters. The average molecular weight is 724 g/mol. The number of benzene rings is 3. The number of aromatic nitrogens is 2. The number of H-pyrrole nitrogens is 1. The second-order valence-corrected chi connectivity index (χ2v) is 15.7. The molecule has 3 aromatic carbocycles. The van der Waals surface area contributed by atoms with Crippen LogP contribution >= 0.6 is 8.30 Å². The Labute approximate surface area is 305 Å². The molecule has 1 aliphatic heterocycles.